The lowest BCUT2D eigenvalue weighted by atomic mass is 9.85. The van der Waals surface area contributed by atoms with E-state index in [9.17, 15) is 28.3 Å². The third-order valence-electron chi connectivity index (χ3n) is 6.79. The lowest BCUT2D eigenvalue weighted by Gasteiger charge is -2.31. The van der Waals surface area contributed by atoms with Crippen LogP contribution in [0.25, 0.3) is 0 Å². The molecule has 2 amide bonds. The molecule has 2 aliphatic rings. The van der Waals surface area contributed by atoms with Gasteiger partial charge in [-0.1, -0.05) is 54.6 Å². The van der Waals surface area contributed by atoms with E-state index in [2.05, 4.69) is 0 Å². The van der Waals surface area contributed by atoms with Gasteiger partial charge in [-0.25, -0.2) is 8.78 Å². The molecule has 3 aromatic rings. The predicted molar refractivity (Wildman–Crippen MR) is 121 cm³/mol. The molecule has 0 spiro atoms. The number of fused-ring (bicyclic) bond motifs is 1. The Bertz CT molecular complexity index is 1280. The number of carbonyl (C=O) groups excluding carboxylic acids is 2. The van der Waals surface area contributed by atoms with Crippen LogP contribution in [0, 0.1) is 23.5 Å². The Labute approximate surface area is 200 Å². The summed E-state index contributed by atoms with van der Waals surface area (Å²) in [7, 11) is 0. The van der Waals surface area contributed by atoms with Gasteiger partial charge in [-0.2, -0.15) is 0 Å². The molecule has 0 bridgehead atoms. The number of carboxylic acids is 1. The van der Waals surface area contributed by atoms with Gasteiger partial charge in [-0.05, 0) is 41.0 Å². The van der Waals surface area contributed by atoms with Gasteiger partial charge in [0.2, 0.25) is 11.8 Å². The van der Waals surface area contributed by atoms with E-state index in [1.54, 1.807) is 11.0 Å². The van der Waals surface area contributed by atoms with Crippen LogP contribution in [0.1, 0.15) is 22.7 Å². The number of likely N-dealkylation sites (tertiary alicyclic amines) is 2. The molecule has 0 saturated carbocycles. The second-order valence-corrected chi connectivity index (χ2v) is 8.88. The summed E-state index contributed by atoms with van der Waals surface area (Å²) in [5.41, 5.74) is 1.78. The summed E-state index contributed by atoms with van der Waals surface area (Å²) in [5, 5.41) is 10.2. The van der Waals surface area contributed by atoms with Gasteiger partial charge >= 0.3 is 5.97 Å². The Balaban J connectivity index is 1.57. The van der Waals surface area contributed by atoms with Gasteiger partial charge in [-0.15, -0.1) is 0 Å². The maximum absolute atomic E-state index is 14.1. The number of aliphatic carboxylic acids is 1. The normalized spacial score (nSPS) is 24.1. The minimum Gasteiger partial charge on any atom is -0.481 e. The highest BCUT2D eigenvalue weighted by atomic mass is 19.1. The lowest BCUT2D eigenvalue weighted by molar-refractivity contribution is -0.150. The van der Waals surface area contributed by atoms with Crippen LogP contribution in [0.2, 0.25) is 0 Å². The van der Waals surface area contributed by atoms with Crippen molar-refractivity contribution in [3.05, 3.63) is 107 Å². The molecule has 3 aromatic carbocycles. The molecule has 2 heterocycles. The van der Waals surface area contributed by atoms with Crippen molar-refractivity contribution < 1.29 is 28.3 Å². The molecular weight excluding hydrogens is 454 g/mol. The Morgan fingerprint density at radius 1 is 0.771 bits per heavy atom. The van der Waals surface area contributed by atoms with Gasteiger partial charge in [-0.3, -0.25) is 24.2 Å². The number of hydrogen-bond acceptors (Lipinski definition) is 4. The van der Waals surface area contributed by atoms with Crippen LogP contribution in [0.3, 0.4) is 0 Å². The zero-order valence-electron chi connectivity index (χ0n) is 18.6. The number of hydrogen-bond donors (Lipinski definition) is 1. The topological polar surface area (TPSA) is 77.9 Å². The van der Waals surface area contributed by atoms with E-state index in [0.717, 1.165) is 10.5 Å². The molecule has 178 valence electrons. The molecule has 6 nitrogen and oxygen atoms in total. The third-order valence-corrected chi connectivity index (χ3v) is 6.79. The van der Waals surface area contributed by atoms with E-state index in [-0.39, 0.29) is 13.1 Å². The molecule has 0 radical (unpaired) electrons. The lowest BCUT2D eigenvalue weighted by Crippen LogP contribution is -2.41. The summed E-state index contributed by atoms with van der Waals surface area (Å²) in [6.45, 7) is 0.122. The first kappa shape index (κ1) is 22.9. The summed E-state index contributed by atoms with van der Waals surface area (Å²) in [4.78, 5) is 42.4. The SMILES string of the molecule is O=C(O)C1C2C(=O)N(Cc3ccc(F)cc3)C(=O)C2N(Cc2ccccc2)C1c1cccc(F)c1. The summed E-state index contributed by atoms with van der Waals surface area (Å²) >= 11 is 0. The van der Waals surface area contributed by atoms with E-state index in [1.165, 1.54) is 42.5 Å². The van der Waals surface area contributed by atoms with Crippen molar-refractivity contribution in [1.29, 1.82) is 0 Å². The van der Waals surface area contributed by atoms with Crippen molar-refractivity contribution in [2.45, 2.75) is 25.2 Å². The fourth-order valence-corrected chi connectivity index (χ4v) is 5.31. The quantitative estimate of drug-likeness (QED) is 0.548. The minimum absolute atomic E-state index is 0.0822. The smallest absolute Gasteiger partial charge is 0.309 e. The largest absolute Gasteiger partial charge is 0.481 e. The van der Waals surface area contributed by atoms with Crippen LogP contribution in [0.5, 0.6) is 0 Å². The molecule has 4 atom stereocenters. The molecular formula is C27H22F2N2O4. The van der Waals surface area contributed by atoms with Crippen molar-refractivity contribution in [2.75, 3.05) is 0 Å². The Hall–Kier alpha value is -3.91. The number of rotatable bonds is 6. The third kappa shape index (κ3) is 4.10. The zero-order chi connectivity index (χ0) is 24.7. The van der Waals surface area contributed by atoms with Crippen LogP contribution in [-0.2, 0) is 27.5 Å². The first-order valence-electron chi connectivity index (χ1n) is 11.2. The van der Waals surface area contributed by atoms with Gasteiger partial charge < -0.3 is 5.11 Å². The van der Waals surface area contributed by atoms with E-state index < -0.39 is 53.3 Å². The fraction of sp³-hybridized carbons (Fsp3) is 0.222. The maximum atomic E-state index is 14.1. The molecule has 0 aliphatic carbocycles. The maximum Gasteiger partial charge on any atom is 0.309 e. The van der Waals surface area contributed by atoms with Gasteiger partial charge in [0.15, 0.2) is 0 Å². The highest BCUT2D eigenvalue weighted by Crippen LogP contribution is 2.50. The molecule has 1 N–H and O–H groups in total. The van der Waals surface area contributed by atoms with Crippen molar-refractivity contribution in [3.8, 4) is 0 Å². The second-order valence-electron chi connectivity index (χ2n) is 8.88. The van der Waals surface area contributed by atoms with Gasteiger partial charge in [0.05, 0.1) is 24.4 Å². The van der Waals surface area contributed by atoms with Crippen molar-refractivity contribution in [1.82, 2.24) is 9.80 Å². The molecule has 8 heteroatoms. The molecule has 2 saturated heterocycles. The van der Waals surface area contributed by atoms with E-state index in [0.29, 0.717) is 11.1 Å². The summed E-state index contributed by atoms with van der Waals surface area (Å²) in [5.74, 6) is -5.67. The summed E-state index contributed by atoms with van der Waals surface area (Å²) < 4.78 is 27.5. The van der Waals surface area contributed by atoms with Crippen LogP contribution < -0.4 is 0 Å². The van der Waals surface area contributed by atoms with Crippen LogP contribution in [0.4, 0.5) is 8.78 Å². The number of nitrogens with zero attached hydrogens (tertiary/aromatic N) is 2. The molecule has 2 aliphatic heterocycles. The fourth-order valence-electron chi connectivity index (χ4n) is 5.31. The first-order chi connectivity index (χ1) is 16.8. The molecule has 5 rings (SSSR count). The summed E-state index contributed by atoms with van der Waals surface area (Å²) in [6, 6.07) is 18.4. The molecule has 4 unspecified atom stereocenters. The van der Waals surface area contributed by atoms with Crippen LogP contribution >= 0.6 is 0 Å². The highest BCUT2D eigenvalue weighted by molar-refractivity contribution is 6.09. The Kier molecular flexibility index (Phi) is 5.90. The van der Waals surface area contributed by atoms with Gasteiger partial charge in [0, 0.05) is 6.54 Å². The van der Waals surface area contributed by atoms with E-state index in [4.69, 9.17) is 0 Å². The van der Waals surface area contributed by atoms with Crippen molar-refractivity contribution in [3.63, 3.8) is 0 Å². The molecule has 2 fully saturated rings. The summed E-state index contributed by atoms with van der Waals surface area (Å²) in [6.07, 6.45) is 0. The predicted octanol–water partition coefficient (Wildman–Crippen LogP) is 3.78. The standard InChI is InChI=1S/C27H22F2N2O4/c28-19-11-9-17(10-12-19)15-31-25(32)21-22(27(34)35)23(18-7-4-8-20(29)13-18)30(24(21)26(31)33)14-16-5-2-1-3-6-16/h1-13,21-24H,14-15H2,(H,34,35). The minimum atomic E-state index is -1.25. The van der Waals surface area contributed by atoms with E-state index >= 15 is 0 Å². The second kappa shape index (κ2) is 9.03. The van der Waals surface area contributed by atoms with Crippen molar-refractivity contribution in [2.24, 2.45) is 11.8 Å². The van der Waals surface area contributed by atoms with Gasteiger partial charge in [0.25, 0.3) is 0 Å². The number of imide groups is 1. The molecule has 0 aromatic heterocycles. The Morgan fingerprint density at radius 2 is 1.46 bits per heavy atom. The number of amides is 2. The number of carboxylic acid groups (broad SMARTS) is 1. The Morgan fingerprint density at radius 3 is 2.11 bits per heavy atom. The number of benzene rings is 3. The van der Waals surface area contributed by atoms with Crippen LogP contribution in [0.15, 0.2) is 78.9 Å². The first-order valence-corrected chi connectivity index (χ1v) is 11.2. The monoisotopic (exact) mass is 476 g/mol. The average molecular weight is 476 g/mol. The van der Waals surface area contributed by atoms with Gasteiger partial charge in [0.1, 0.15) is 17.7 Å². The zero-order valence-corrected chi connectivity index (χ0v) is 18.6. The van der Waals surface area contributed by atoms with E-state index in [1.807, 2.05) is 30.3 Å². The average Bonchev–Trinajstić information content (AvgIpc) is 3.29. The van der Waals surface area contributed by atoms with Crippen LogP contribution in [-0.4, -0.2) is 38.7 Å². The number of carbonyl (C=O) groups is 3. The highest BCUT2D eigenvalue weighted by Gasteiger charge is 2.64. The van der Waals surface area contributed by atoms with Crippen molar-refractivity contribution >= 4 is 17.8 Å². The molecule has 35 heavy (non-hydrogen) atoms. The number of halogens is 2.